The minimum absolute atomic E-state index is 0.107. The van der Waals surface area contributed by atoms with Gasteiger partial charge >= 0.3 is 5.97 Å². The molecule has 0 unspecified atom stereocenters. The molecule has 4 rings (SSSR count). The number of halogens is 1. The van der Waals surface area contributed by atoms with Gasteiger partial charge in [-0.25, -0.2) is 14.2 Å². The quantitative estimate of drug-likeness (QED) is 0.540. The van der Waals surface area contributed by atoms with Gasteiger partial charge in [0.15, 0.2) is 0 Å². The highest BCUT2D eigenvalue weighted by molar-refractivity contribution is 6.05. The van der Waals surface area contributed by atoms with Crippen LogP contribution in [0.1, 0.15) is 36.2 Å². The van der Waals surface area contributed by atoms with E-state index in [0.29, 0.717) is 54.0 Å². The monoisotopic (exact) mass is 464 g/mol. The summed E-state index contributed by atoms with van der Waals surface area (Å²) in [6.45, 7) is 7.23. The molecule has 2 heterocycles. The van der Waals surface area contributed by atoms with Gasteiger partial charge in [-0.2, -0.15) is 0 Å². The van der Waals surface area contributed by atoms with Crippen LogP contribution in [0.25, 0.3) is 10.9 Å². The number of pyridine rings is 1. The average Bonchev–Trinajstić information content (AvgIpc) is 2.79. The highest BCUT2D eigenvalue weighted by Gasteiger charge is 2.22. The molecule has 1 aromatic heterocycles. The van der Waals surface area contributed by atoms with Crippen LogP contribution in [-0.2, 0) is 11.3 Å². The van der Waals surface area contributed by atoms with E-state index in [0.717, 1.165) is 13.1 Å². The Bertz CT molecular complexity index is 1210. The number of fused-ring (bicyclic) bond motifs is 1. The number of nitrogens with one attached hydrogen (secondary N) is 1. The summed E-state index contributed by atoms with van der Waals surface area (Å²) in [5.74, 6) is -0.521. The lowest BCUT2D eigenvalue weighted by molar-refractivity contribution is -0.116. The van der Waals surface area contributed by atoms with Gasteiger partial charge in [0.1, 0.15) is 11.6 Å². The molecule has 0 atom stereocenters. The molecule has 7 nitrogen and oxygen atoms in total. The van der Waals surface area contributed by atoms with E-state index in [-0.39, 0.29) is 23.2 Å². The fourth-order valence-corrected chi connectivity index (χ4v) is 4.21. The molecule has 1 aliphatic rings. The van der Waals surface area contributed by atoms with E-state index in [1.165, 1.54) is 6.07 Å². The number of aromatic carboxylic acids is 1. The normalized spacial score (nSPS) is 14.5. The van der Waals surface area contributed by atoms with Crippen molar-refractivity contribution in [3.05, 3.63) is 65.5 Å². The number of hydrogen-bond donors (Lipinski definition) is 2. The Kier molecular flexibility index (Phi) is 7.07. The predicted octanol–water partition coefficient (Wildman–Crippen LogP) is 4.38. The number of nitrogens with zero attached hydrogens (tertiary/aromatic N) is 3. The molecule has 178 valence electrons. The first-order valence-electron chi connectivity index (χ1n) is 11.5. The lowest BCUT2D eigenvalue weighted by Crippen LogP contribution is -2.46. The lowest BCUT2D eigenvalue weighted by atomic mass is 10.1. The van der Waals surface area contributed by atoms with E-state index in [1.54, 1.807) is 36.4 Å². The molecule has 0 aliphatic carbocycles. The maximum Gasteiger partial charge on any atom is 0.336 e. The largest absolute Gasteiger partial charge is 0.478 e. The van der Waals surface area contributed by atoms with Crippen molar-refractivity contribution in [1.29, 1.82) is 0 Å². The van der Waals surface area contributed by atoms with E-state index in [2.05, 4.69) is 15.1 Å². The van der Waals surface area contributed by atoms with Gasteiger partial charge in [0, 0.05) is 55.8 Å². The number of hydrogen-bond acceptors (Lipinski definition) is 5. The molecule has 34 heavy (non-hydrogen) atoms. The van der Waals surface area contributed by atoms with Crippen LogP contribution >= 0.6 is 0 Å². The molecule has 1 amide bonds. The number of amides is 1. The number of carboxylic acids is 1. The number of anilines is 2. The number of carbonyl (C=O) groups excluding carboxylic acids is 1. The van der Waals surface area contributed by atoms with Crippen molar-refractivity contribution < 1.29 is 19.1 Å². The van der Waals surface area contributed by atoms with Crippen LogP contribution in [0.2, 0.25) is 0 Å². The first-order valence-corrected chi connectivity index (χ1v) is 11.5. The summed E-state index contributed by atoms with van der Waals surface area (Å²) in [6.07, 6.45) is 0.393. The Labute approximate surface area is 198 Å². The maximum absolute atomic E-state index is 14.0. The molecule has 8 heteroatoms. The van der Waals surface area contributed by atoms with E-state index in [1.807, 2.05) is 19.9 Å². The second-order valence-corrected chi connectivity index (χ2v) is 9.07. The molecule has 3 aromatic rings. The molecule has 2 aromatic carbocycles. The Balaban J connectivity index is 1.51. The van der Waals surface area contributed by atoms with Crippen molar-refractivity contribution in [2.24, 2.45) is 5.92 Å². The number of rotatable bonds is 7. The van der Waals surface area contributed by atoms with Crippen LogP contribution in [0.5, 0.6) is 0 Å². The van der Waals surface area contributed by atoms with Crippen LogP contribution in [-0.4, -0.2) is 53.0 Å². The van der Waals surface area contributed by atoms with Gasteiger partial charge in [-0.15, -0.1) is 0 Å². The number of piperazine rings is 1. The Morgan fingerprint density at radius 1 is 1.09 bits per heavy atom. The molecule has 0 bridgehead atoms. The molecular formula is C26H29FN4O3. The fourth-order valence-electron chi connectivity index (χ4n) is 4.21. The zero-order chi connectivity index (χ0) is 24.2. The van der Waals surface area contributed by atoms with E-state index in [9.17, 15) is 19.1 Å². The Morgan fingerprint density at radius 2 is 1.82 bits per heavy atom. The molecule has 1 saturated heterocycles. The second kappa shape index (κ2) is 10.2. The smallest absolute Gasteiger partial charge is 0.336 e. The second-order valence-electron chi connectivity index (χ2n) is 9.07. The SMILES string of the molecule is CC(C)CC(=O)Nc1ccc2nc(N3CCN(Cc4ccccc4F)CC3)cc(C(=O)O)c2c1. The molecule has 0 radical (unpaired) electrons. The van der Waals surface area contributed by atoms with Crippen LogP contribution in [0.4, 0.5) is 15.9 Å². The van der Waals surface area contributed by atoms with Crippen LogP contribution < -0.4 is 10.2 Å². The van der Waals surface area contributed by atoms with Crippen molar-refractivity contribution in [1.82, 2.24) is 9.88 Å². The Morgan fingerprint density at radius 3 is 2.50 bits per heavy atom. The summed E-state index contributed by atoms with van der Waals surface area (Å²) < 4.78 is 14.0. The van der Waals surface area contributed by atoms with Gasteiger partial charge in [-0.3, -0.25) is 9.69 Å². The van der Waals surface area contributed by atoms with E-state index < -0.39 is 5.97 Å². The van der Waals surface area contributed by atoms with Gasteiger partial charge in [0.05, 0.1) is 11.1 Å². The lowest BCUT2D eigenvalue weighted by Gasteiger charge is -2.35. The van der Waals surface area contributed by atoms with Crippen molar-refractivity contribution >= 4 is 34.3 Å². The number of carboxylic acid groups (broad SMARTS) is 1. The maximum atomic E-state index is 14.0. The first-order chi connectivity index (χ1) is 16.3. The summed E-state index contributed by atoms with van der Waals surface area (Å²) in [6, 6.07) is 13.5. The third kappa shape index (κ3) is 5.51. The van der Waals surface area contributed by atoms with Gasteiger partial charge in [0.25, 0.3) is 0 Å². The number of aromatic nitrogens is 1. The van der Waals surface area contributed by atoms with Crippen LogP contribution in [0, 0.1) is 11.7 Å². The third-order valence-corrected chi connectivity index (χ3v) is 5.95. The highest BCUT2D eigenvalue weighted by Crippen LogP contribution is 2.27. The topological polar surface area (TPSA) is 85.8 Å². The molecule has 1 aliphatic heterocycles. The number of benzene rings is 2. The highest BCUT2D eigenvalue weighted by atomic mass is 19.1. The standard InChI is InChI=1S/C26H29FN4O3/c1-17(2)13-25(32)28-19-7-8-23-20(14-19)21(26(33)34)15-24(29-23)31-11-9-30(10-12-31)16-18-5-3-4-6-22(18)27/h3-8,14-15,17H,9-13,16H2,1-2H3,(H,28,32)(H,33,34). The summed E-state index contributed by atoms with van der Waals surface area (Å²) in [4.78, 5) is 33.1. The molecule has 0 saturated carbocycles. The van der Waals surface area contributed by atoms with Crippen molar-refractivity contribution in [3.8, 4) is 0 Å². The summed E-state index contributed by atoms with van der Waals surface area (Å²) >= 11 is 0. The minimum Gasteiger partial charge on any atom is -0.478 e. The summed E-state index contributed by atoms with van der Waals surface area (Å²) in [5.41, 5.74) is 1.93. The molecular weight excluding hydrogens is 435 g/mol. The molecule has 0 spiro atoms. The van der Waals surface area contributed by atoms with Gasteiger partial charge < -0.3 is 15.3 Å². The zero-order valence-electron chi connectivity index (χ0n) is 19.4. The summed E-state index contributed by atoms with van der Waals surface area (Å²) in [5, 5.41) is 13.2. The van der Waals surface area contributed by atoms with Gasteiger partial charge in [0.2, 0.25) is 5.91 Å². The molecule has 2 N–H and O–H groups in total. The van der Waals surface area contributed by atoms with Crippen LogP contribution in [0.3, 0.4) is 0 Å². The fraction of sp³-hybridized carbons (Fsp3) is 0.346. The predicted molar refractivity (Wildman–Crippen MR) is 131 cm³/mol. The van der Waals surface area contributed by atoms with Crippen LogP contribution in [0.15, 0.2) is 48.5 Å². The molecule has 1 fully saturated rings. The van der Waals surface area contributed by atoms with Crippen molar-refractivity contribution in [2.45, 2.75) is 26.8 Å². The van der Waals surface area contributed by atoms with Crippen molar-refractivity contribution in [2.75, 3.05) is 36.4 Å². The zero-order valence-corrected chi connectivity index (χ0v) is 19.4. The average molecular weight is 465 g/mol. The van der Waals surface area contributed by atoms with E-state index in [4.69, 9.17) is 4.98 Å². The first kappa shape index (κ1) is 23.6. The number of carbonyl (C=O) groups is 2. The Hall–Kier alpha value is -3.52. The third-order valence-electron chi connectivity index (χ3n) is 5.95. The van der Waals surface area contributed by atoms with Gasteiger partial charge in [-0.1, -0.05) is 32.0 Å². The van der Waals surface area contributed by atoms with Gasteiger partial charge in [-0.05, 0) is 36.2 Å². The summed E-state index contributed by atoms with van der Waals surface area (Å²) in [7, 11) is 0. The minimum atomic E-state index is -1.04. The van der Waals surface area contributed by atoms with E-state index >= 15 is 0 Å². The van der Waals surface area contributed by atoms with Crippen molar-refractivity contribution in [3.63, 3.8) is 0 Å².